The predicted molar refractivity (Wildman–Crippen MR) is 66.6 cm³/mol. The van der Waals surface area contributed by atoms with E-state index < -0.39 is 0 Å². The van der Waals surface area contributed by atoms with Crippen molar-refractivity contribution in [2.24, 2.45) is 0 Å². The van der Waals surface area contributed by atoms with E-state index in [1.54, 1.807) is 0 Å². The van der Waals surface area contributed by atoms with Gasteiger partial charge in [0.05, 0.1) is 15.2 Å². The van der Waals surface area contributed by atoms with Crippen LogP contribution in [0.15, 0.2) is 15.9 Å². The lowest BCUT2D eigenvalue weighted by Gasteiger charge is -2.17. The Balaban J connectivity index is 1.96. The van der Waals surface area contributed by atoms with Gasteiger partial charge in [0.25, 0.3) is 0 Å². The van der Waals surface area contributed by atoms with Crippen LogP contribution in [-0.4, -0.2) is 29.8 Å². The van der Waals surface area contributed by atoms with Crippen molar-refractivity contribution >= 4 is 33.0 Å². The number of likely N-dealkylation sites (N-methyl/N-ethyl adjacent to an activating group) is 1. The predicted octanol–water partition coefficient (Wildman–Crippen LogP) is 3.18. The molecule has 0 bridgehead atoms. The summed E-state index contributed by atoms with van der Waals surface area (Å²) in [7, 11) is 0. The monoisotopic (exact) mass is 287 g/mol. The first-order valence-corrected chi connectivity index (χ1v) is 6.84. The zero-order valence-electron chi connectivity index (χ0n) is 8.70. The Bertz CT molecular complexity index is 359. The van der Waals surface area contributed by atoms with E-state index in [2.05, 4.69) is 27.8 Å². The molecule has 15 heavy (non-hydrogen) atoms. The molecule has 2 nitrogen and oxygen atoms in total. The van der Waals surface area contributed by atoms with Crippen LogP contribution in [0, 0.1) is 0 Å². The third-order valence-electron chi connectivity index (χ3n) is 2.66. The van der Waals surface area contributed by atoms with E-state index in [9.17, 15) is 4.79 Å². The SMILES string of the molecule is CCN(CC(=O)c1ccc(Br)s1)C1CC1. The molecule has 1 aromatic heterocycles. The molecule has 0 saturated heterocycles. The average molecular weight is 288 g/mol. The first-order valence-electron chi connectivity index (χ1n) is 5.23. The van der Waals surface area contributed by atoms with Gasteiger partial charge in [0, 0.05) is 6.04 Å². The number of Topliss-reactive ketones (excluding diaryl/α,β-unsaturated/α-hetero) is 1. The Morgan fingerprint density at radius 1 is 1.60 bits per heavy atom. The van der Waals surface area contributed by atoms with Crippen LogP contribution in [-0.2, 0) is 0 Å². The number of carbonyl (C=O) groups is 1. The number of nitrogens with zero attached hydrogens (tertiary/aromatic N) is 1. The Morgan fingerprint density at radius 3 is 2.80 bits per heavy atom. The molecule has 0 unspecified atom stereocenters. The quantitative estimate of drug-likeness (QED) is 0.776. The van der Waals surface area contributed by atoms with E-state index in [0.29, 0.717) is 12.6 Å². The van der Waals surface area contributed by atoms with Crippen molar-refractivity contribution in [1.82, 2.24) is 4.90 Å². The van der Waals surface area contributed by atoms with Crippen molar-refractivity contribution in [3.8, 4) is 0 Å². The second-order valence-electron chi connectivity index (χ2n) is 3.82. The third-order valence-corrected chi connectivity index (χ3v) is 4.33. The third kappa shape index (κ3) is 2.89. The lowest BCUT2D eigenvalue weighted by molar-refractivity contribution is 0.0933. The molecule has 1 heterocycles. The maximum Gasteiger partial charge on any atom is 0.186 e. The molecule has 2 rings (SSSR count). The van der Waals surface area contributed by atoms with Crippen molar-refractivity contribution < 1.29 is 4.79 Å². The molecular formula is C11H14BrNOS. The number of ketones is 1. The highest BCUT2D eigenvalue weighted by molar-refractivity contribution is 9.11. The summed E-state index contributed by atoms with van der Waals surface area (Å²) in [6.45, 7) is 3.67. The number of halogens is 1. The maximum atomic E-state index is 11.9. The van der Waals surface area contributed by atoms with Crippen LogP contribution in [0.3, 0.4) is 0 Å². The minimum atomic E-state index is 0.249. The molecule has 1 aromatic rings. The van der Waals surface area contributed by atoms with Gasteiger partial charge in [-0.1, -0.05) is 6.92 Å². The number of hydrogen-bond donors (Lipinski definition) is 0. The first-order chi connectivity index (χ1) is 7.20. The van der Waals surface area contributed by atoms with Crippen molar-refractivity contribution in [2.75, 3.05) is 13.1 Å². The summed E-state index contributed by atoms with van der Waals surface area (Å²) in [5, 5.41) is 0. The van der Waals surface area contributed by atoms with Crippen LogP contribution in [0.25, 0.3) is 0 Å². The van der Waals surface area contributed by atoms with Gasteiger partial charge in [-0.3, -0.25) is 9.69 Å². The van der Waals surface area contributed by atoms with Crippen LogP contribution < -0.4 is 0 Å². The zero-order chi connectivity index (χ0) is 10.8. The van der Waals surface area contributed by atoms with E-state index >= 15 is 0 Å². The van der Waals surface area contributed by atoms with Gasteiger partial charge < -0.3 is 0 Å². The molecule has 0 radical (unpaired) electrons. The van der Waals surface area contributed by atoms with Gasteiger partial charge in [0.15, 0.2) is 5.78 Å². The molecule has 1 fully saturated rings. The molecule has 0 aromatic carbocycles. The highest BCUT2D eigenvalue weighted by Crippen LogP contribution is 2.27. The average Bonchev–Trinajstić information content (AvgIpc) is 2.97. The maximum absolute atomic E-state index is 11.9. The topological polar surface area (TPSA) is 20.3 Å². The fourth-order valence-electron chi connectivity index (χ4n) is 1.67. The van der Waals surface area contributed by atoms with Gasteiger partial charge >= 0.3 is 0 Å². The highest BCUT2D eigenvalue weighted by atomic mass is 79.9. The standard InChI is InChI=1S/C11H14BrNOS/c1-2-13(8-3-4-8)7-9(14)10-5-6-11(12)15-10/h5-6,8H,2-4,7H2,1H3. The number of thiophene rings is 1. The molecular weight excluding hydrogens is 274 g/mol. The van der Waals surface area contributed by atoms with Crippen LogP contribution in [0.5, 0.6) is 0 Å². The largest absolute Gasteiger partial charge is 0.293 e. The van der Waals surface area contributed by atoms with E-state index in [4.69, 9.17) is 0 Å². The molecule has 0 N–H and O–H groups in total. The molecule has 0 spiro atoms. The summed E-state index contributed by atoms with van der Waals surface area (Å²) in [6, 6.07) is 4.51. The van der Waals surface area contributed by atoms with Crippen LogP contribution >= 0.6 is 27.3 Å². The summed E-state index contributed by atoms with van der Waals surface area (Å²) < 4.78 is 1.03. The molecule has 0 aliphatic heterocycles. The number of hydrogen-bond acceptors (Lipinski definition) is 3. The molecule has 0 amide bonds. The summed E-state index contributed by atoms with van der Waals surface area (Å²) in [5.41, 5.74) is 0. The molecule has 1 saturated carbocycles. The summed E-state index contributed by atoms with van der Waals surface area (Å²) >= 11 is 4.90. The molecule has 1 aliphatic carbocycles. The molecule has 82 valence electrons. The first kappa shape index (κ1) is 11.3. The normalized spacial score (nSPS) is 15.9. The van der Waals surface area contributed by atoms with Gasteiger partial charge in [-0.25, -0.2) is 0 Å². The highest BCUT2D eigenvalue weighted by Gasteiger charge is 2.29. The van der Waals surface area contributed by atoms with E-state index in [-0.39, 0.29) is 5.78 Å². The van der Waals surface area contributed by atoms with Crippen LogP contribution in [0.1, 0.15) is 29.4 Å². The van der Waals surface area contributed by atoms with Gasteiger partial charge in [-0.05, 0) is 47.4 Å². The minimum absolute atomic E-state index is 0.249. The molecule has 4 heteroatoms. The van der Waals surface area contributed by atoms with E-state index in [0.717, 1.165) is 15.2 Å². The second kappa shape index (κ2) is 4.76. The zero-order valence-corrected chi connectivity index (χ0v) is 11.1. The van der Waals surface area contributed by atoms with Crippen molar-refractivity contribution in [1.29, 1.82) is 0 Å². The van der Waals surface area contributed by atoms with Crippen LogP contribution in [0.4, 0.5) is 0 Å². The van der Waals surface area contributed by atoms with E-state index in [1.165, 1.54) is 24.2 Å². The number of rotatable bonds is 5. The van der Waals surface area contributed by atoms with Gasteiger partial charge in [-0.2, -0.15) is 0 Å². The molecule has 0 atom stereocenters. The Hall–Kier alpha value is -0.190. The van der Waals surface area contributed by atoms with Crippen molar-refractivity contribution in [3.63, 3.8) is 0 Å². The Morgan fingerprint density at radius 2 is 2.33 bits per heavy atom. The summed E-state index contributed by atoms with van der Waals surface area (Å²) in [4.78, 5) is 15.0. The fraction of sp³-hybridized carbons (Fsp3) is 0.545. The smallest absolute Gasteiger partial charge is 0.186 e. The lowest BCUT2D eigenvalue weighted by atomic mass is 10.3. The lowest BCUT2D eigenvalue weighted by Crippen LogP contribution is -2.31. The Kier molecular flexibility index (Phi) is 3.59. The van der Waals surface area contributed by atoms with Crippen LogP contribution in [0.2, 0.25) is 0 Å². The fourth-order valence-corrected chi connectivity index (χ4v) is 2.98. The van der Waals surface area contributed by atoms with Crippen molar-refractivity contribution in [2.45, 2.75) is 25.8 Å². The van der Waals surface area contributed by atoms with Gasteiger partial charge in [-0.15, -0.1) is 11.3 Å². The number of carbonyl (C=O) groups excluding carboxylic acids is 1. The summed E-state index contributed by atoms with van der Waals surface area (Å²) in [6.07, 6.45) is 2.52. The minimum Gasteiger partial charge on any atom is -0.293 e. The summed E-state index contributed by atoms with van der Waals surface area (Å²) in [5.74, 6) is 0.249. The Labute approximate surface area is 102 Å². The van der Waals surface area contributed by atoms with Crippen molar-refractivity contribution in [3.05, 3.63) is 20.8 Å². The molecule has 1 aliphatic rings. The van der Waals surface area contributed by atoms with E-state index in [1.807, 2.05) is 12.1 Å². The van der Waals surface area contributed by atoms with Gasteiger partial charge in [0.2, 0.25) is 0 Å². The van der Waals surface area contributed by atoms with Gasteiger partial charge in [0.1, 0.15) is 0 Å². The second-order valence-corrected chi connectivity index (χ2v) is 6.28.